The van der Waals surface area contributed by atoms with Crippen LogP contribution in [-0.2, 0) is 4.79 Å². The molecule has 1 rings (SSSR count). The quantitative estimate of drug-likeness (QED) is 0.326. The van der Waals surface area contributed by atoms with Gasteiger partial charge in [0.25, 0.3) is 5.91 Å². The predicted octanol–water partition coefficient (Wildman–Crippen LogP) is -1.37. The van der Waals surface area contributed by atoms with E-state index in [0.717, 1.165) is 6.08 Å². The SMILES string of the molecule is O=C1C=C(O)NN(O)N1. The Balaban J connectivity index is 2.67. The molecular weight excluding hydrogens is 126 g/mol. The first-order chi connectivity index (χ1) is 4.18. The Morgan fingerprint density at radius 1 is 1.56 bits per heavy atom. The van der Waals surface area contributed by atoms with Gasteiger partial charge in [-0.15, -0.1) is 0 Å². The first kappa shape index (κ1) is 5.86. The normalized spacial score (nSPS) is 20.1. The molecule has 0 saturated carbocycles. The van der Waals surface area contributed by atoms with Crippen LogP contribution in [0.3, 0.4) is 0 Å². The fraction of sp³-hybridized carbons (Fsp3) is 0. The Bertz CT molecular complexity index is 166. The third-order valence-corrected chi connectivity index (χ3v) is 0.704. The smallest absolute Gasteiger partial charge is 0.266 e. The fourth-order valence-electron chi connectivity index (χ4n) is 0.430. The van der Waals surface area contributed by atoms with Crippen LogP contribution in [0, 0.1) is 0 Å². The number of rotatable bonds is 0. The molecule has 0 unspecified atom stereocenters. The van der Waals surface area contributed by atoms with E-state index in [1.165, 1.54) is 0 Å². The monoisotopic (exact) mass is 131 g/mol. The topological polar surface area (TPSA) is 84.8 Å². The fourth-order valence-corrected chi connectivity index (χ4v) is 0.430. The van der Waals surface area contributed by atoms with Gasteiger partial charge in [0.15, 0.2) is 0 Å². The molecule has 0 aromatic heterocycles. The third kappa shape index (κ3) is 1.31. The molecule has 1 aliphatic rings. The Labute approximate surface area is 50.3 Å². The van der Waals surface area contributed by atoms with Gasteiger partial charge in [-0.3, -0.25) is 10.0 Å². The molecule has 1 amide bonds. The molecule has 6 nitrogen and oxygen atoms in total. The lowest BCUT2D eigenvalue weighted by molar-refractivity contribution is -0.189. The molecule has 1 heterocycles. The highest BCUT2D eigenvalue weighted by Gasteiger charge is 2.11. The van der Waals surface area contributed by atoms with Gasteiger partial charge in [-0.25, -0.2) is 10.9 Å². The molecule has 1 aliphatic heterocycles. The predicted molar refractivity (Wildman–Crippen MR) is 25.6 cm³/mol. The van der Waals surface area contributed by atoms with Crippen LogP contribution < -0.4 is 10.9 Å². The van der Waals surface area contributed by atoms with Crippen molar-refractivity contribution >= 4 is 5.91 Å². The Morgan fingerprint density at radius 2 is 2.22 bits per heavy atom. The van der Waals surface area contributed by atoms with E-state index in [0.29, 0.717) is 0 Å². The Hall–Kier alpha value is -1.27. The van der Waals surface area contributed by atoms with E-state index in [2.05, 4.69) is 0 Å². The number of aliphatic hydroxyl groups excluding tert-OH is 1. The maximum absolute atomic E-state index is 10.3. The van der Waals surface area contributed by atoms with Crippen LogP contribution in [0.25, 0.3) is 0 Å². The van der Waals surface area contributed by atoms with Crippen LogP contribution in [0.1, 0.15) is 0 Å². The number of aliphatic hydroxyl groups is 1. The molecule has 0 saturated heterocycles. The highest BCUT2D eigenvalue weighted by atomic mass is 16.6. The van der Waals surface area contributed by atoms with Gasteiger partial charge in [0, 0.05) is 0 Å². The summed E-state index contributed by atoms with van der Waals surface area (Å²) in [7, 11) is 0. The van der Waals surface area contributed by atoms with Crippen LogP contribution >= 0.6 is 0 Å². The van der Waals surface area contributed by atoms with E-state index in [9.17, 15) is 4.79 Å². The van der Waals surface area contributed by atoms with Crippen molar-refractivity contribution in [2.45, 2.75) is 0 Å². The summed E-state index contributed by atoms with van der Waals surface area (Å²) in [6.45, 7) is 0. The molecule has 4 N–H and O–H groups in total. The molecule has 0 aromatic carbocycles. The van der Waals surface area contributed by atoms with Crippen molar-refractivity contribution in [3.8, 4) is 0 Å². The van der Waals surface area contributed by atoms with Crippen molar-refractivity contribution in [1.82, 2.24) is 16.1 Å². The number of nitrogens with zero attached hydrogens (tertiary/aromatic N) is 1. The van der Waals surface area contributed by atoms with Gasteiger partial charge < -0.3 is 5.11 Å². The second-order valence-corrected chi connectivity index (χ2v) is 1.43. The van der Waals surface area contributed by atoms with Gasteiger partial charge in [-0.1, -0.05) is 0 Å². The molecular formula is C3H5N3O3. The largest absolute Gasteiger partial charge is 0.494 e. The van der Waals surface area contributed by atoms with Crippen molar-refractivity contribution < 1.29 is 15.1 Å². The average Bonchev–Trinajstić information content (AvgIpc) is 1.59. The van der Waals surface area contributed by atoms with Crippen LogP contribution in [0.4, 0.5) is 0 Å². The van der Waals surface area contributed by atoms with E-state index >= 15 is 0 Å². The van der Waals surface area contributed by atoms with Gasteiger partial charge in [0.05, 0.1) is 6.08 Å². The maximum atomic E-state index is 10.3. The van der Waals surface area contributed by atoms with E-state index in [1.807, 2.05) is 10.9 Å². The summed E-state index contributed by atoms with van der Waals surface area (Å²) in [5.41, 5.74) is 3.90. The Morgan fingerprint density at radius 3 is 2.67 bits per heavy atom. The van der Waals surface area contributed by atoms with Gasteiger partial charge in [0.2, 0.25) is 5.88 Å². The number of nitrogens with one attached hydrogen (secondary N) is 2. The standard InChI is InChI=1S/C3H5N3O3/c7-2-1-3(8)5-6(9)4-2/h1,4,7,9H,(H,5,8). The number of carbonyl (C=O) groups is 1. The zero-order chi connectivity index (χ0) is 6.85. The summed E-state index contributed by atoms with van der Waals surface area (Å²) in [6, 6.07) is 0. The number of carbonyl (C=O) groups excluding carboxylic acids is 1. The molecule has 0 radical (unpaired) electrons. The van der Waals surface area contributed by atoms with Crippen molar-refractivity contribution in [2.24, 2.45) is 0 Å². The summed E-state index contributed by atoms with van der Waals surface area (Å²) >= 11 is 0. The number of amides is 1. The van der Waals surface area contributed by atoms with Crippen LogP contribution in [-0.4, -0.2) is 21.5 Å². The summed E-state index contributed by atoms with van der Waals surface area (Å²) in [5.74, 6) is -0.991. The van der Waals surface area contributed by atoms with Crippen molar-refractivity contribution in [3.05, 3.63) is 12.0 Å². The zero-order valence-corrected chi connectivity index (χ0v) is 4.33. The van der Waals surface area contributed by atoms with Crippen LogP contribution in [0.15, 0.2) is 12.0 Å². The number of hydrogen-bond acceptors (Lipinski definition) is 5. The minimum absolute atomic E-state index is 0.262. The Kier molecular flexibility index (Phi) is 1.25. The second kappa shape index (κ2) is 1.92. The molecule has 0 aliphatic carbocycles. The van der Waals surface area contributed by atoms with Gasteiger partial charge in [0.1, 0.15) is 0 Å². The molecule has 0 aromatic rings. The second-order valence-electron chi connectivity index (χ2n) is 1.43. The summed E-state index contributed by atoms with van der Waals surface area (Å²) in [5, 5.41) is 17.2. The molecule has 0 spiro atoms. The van der Waals surface area contributed by atoms with Gasteiger partial charge in [-0.05, 0) is 5.28 Å². The molecule has 6 heteroatoms. The first-order valence-electron chi connectivity index (χ1n) is 2.15. The van der Waals surface area contributed by atoms with Crippen molar-refractivity contribution in [3.63, 3.8) is 0 Å². The van der Waals surface area contributed by atoms with Crippen molar-refractivity contribution in [2.75, 3.05) is 0 Å². The summed E-state index contributed by atoms with van der Waals surface area (Å²) in [4.78, 5) is 10.3. The minimum Gasteiger partial charge on any atom is -0.494 e. The zero-order valence-electron chi connectivity index (χ0n) is 4.33. The molecule has 0 bridgehead atoms. The molecule has 50 valence electrons. The van der Waals surface area contributed by atoms with Crippen LogP contribution in [0.2, 0.25) is 0 Å². The highest BCUT2D eigenvalue weighted by molar-refractivity contribution is 5.87. The van der Waals surface area contributed by atoms with E-state index in [1.54, 1.807) is 0 Å². The minimum atomic E-state index is -0.589. The summed E-state index contributed by atoms with van der Waals surface area (Å²) in [6.07, 6.45) is 0.896. The molecule has 9 heavy (non-hydrogen) atoms. The van der Waals surface area contributed by atoms with Crippen LogP contribution in [0.5, 0.6) is 0 Å². The van der Waals surface area contributed by atoms with E-state index in [4.69, 9.17) is 10.3 Å². The maximum Gasteiger partial charge on any atom is 0.266 e. The molecule has 0 atom stereocenters. The lowest BCUT2D eigenvalue weighted by Crippen LogP contribution is -2.51. The van der Waals surface area contributed by atoms with Gasteiger partial charge >= 0.3 is 0 Å². The summed E-state index contributed by atoms with van der Waals surface area (Å²) < 4.78 is 0. The number of hydrazine groups is 2. The van der Waals surface area contributed by atoms with E-state index in [-0.39, 0.29) is 5.28 Å². The average molecular weight is 131 g/mol. The van der Waals surface area contributed by atoms with Gasteiger partial charge in [-0.2, -0.15) is 0 Å². The lowest BCUT2D eigenvalue weighted by atomic mass is 10.5. The first-order valence-corrected chi connectivity index (χ1v) is 2.15. The third-order valence-electron chi connectivity index (χ3n) is 0.704. The van der Waals surface area contributed by atoms with Crippen molar-refractivity contribution in [1.29, 1.82) is 0 Å². The highest BCUT2D eigenvalue weighted by Crippen LogP contribution is 1.88. The van der Waals surface area contributed by atoms with E-state index < -0.39 is 11.8 Å². The number of hydrogen-bond donors (Lipinski definition) is 4. The lowest BCUT2D eigenvalue weighted by Gasteiger charge is -2.19. The molecule has 0 fully saturated rings.